The van der Waals surface area contributed by atoms with Crippen molar-refractivity contribution in [3.05, 3.63) is 65.7 Å². The molecular formula is C18H23NS. The first-order valence-corrected chi connectivity index (χ1v) is 8.26. The van der Waals surface area contributed by atoms with Gasteiger partial charge in [0.15, 0.2) is 0 Å². The Kier molecular flexibility index (Phi) is 6.16. The van der Waals surface area contributed by atoms with Crippen molar-refractivity contribution >= 4 is 11.8 Å². The number of nitrogens with one attached hydrogen (secondary N) is 1. The van der Waals surface area contributed by atoms with E-state index in [4.69, 9.17) is 0 Å². The maximum atomic E-state index is 3.65. The second-order valence-electron chi connectivity index (χ2n) is 5.04. The van der Waals surface area contributed by atoms with Crippen LogP contribution in [0, 0.1) is 6.92 Å². The molecule has 0 heterocycles. The van der Waals surface area contributed by atoms with Crippen molar-refractivity contribution in [3.63, 3.8) is 0 Å². The summed E-state index contributed by atoms with van der Waals surface area (Å²) in [6, 6.07) is 19.9. The molecule has 0 amide bonds. The van der Waals surface area contributed by atoms with Gasteiger partial charge < -0.3 is 5.32 Å². The van der Waals surface area contributed by atoms with Crippen LogP contribution in [0.15, 0.2) is 59.5 Å². The van der Waals surface area contributed by atoms with E-state index in [0.717, 1.165) is 12.3 Å². The van der Waals surface area contributed by atoms with E-state index in [1.165, 1.54) is 22.4 Å². The Morgan fingerprint density at radius 3 is 2.35 bits per heavy atom. The second-order valence-corrected chi connectivity index (χ2v) is 6.13. The molecule has 1 nitrogen and oxygen atoms in total. The van der Waals surface area contributed by atoms with E-state index in [1.807, 2.05) is 11.8 Å². The van der Waals surface area contributed by atoms with E-state index in [-0.39, 0.29) is 0 Å². The monoisotopic (exact) mass is 285 g/mol. The van der Waals surface area contributed by atoms with Gasteiger partial charge in [0.1, 0.15) is 0 Å². The maximum Gasteiger partial charge on any atom is 0.0415 e. The summed E-state index contributed by atoms with van der Waals surface area (Å²) in [5, 5.41) is 3.65. The molecule has 2 aromatic rings. The molecule has 106 valence electrons. The Balaban J connectivity index is 2.01. The predicted molar refractivity (Wildman–Crippen MR) is 89.4 cm³/mol. The highest BCUT2D eigenvalue weighted by molar-refractivity contribution is 7.99. The molecule has 2 rings (SSSR count). The molecule has 2 heteroatoms. The first kappa shape index (κ1) is 15.1. The smallest absolute Gasteiger partial charge is 0.0415 e. The molecule has 0 aliphatic heterocycles. The highest BCUT2D eigenvalue weighted by Gasteiger charge is 2.10. The molecule has 0 spiro atoms. The average molecular weight is 285 g/mol. The number of rotatable bonds is 7. The van der Waals surface area contributed by atoms with E-state index in [2.05, 4.69) is 73.8 Å². The molecular weight excluding hydrogens is 262 g/mol. The predicted octanol–water partition coefficient (Wildman–Crippen LogP) is 4.83. The molecule has 0 radical (unpaired) electrons. The average Bonchev–Trinajstić information content (AvgIpc) is 2.50. The lowest BCUT2D eigenvalue weighted by Gasteiger charge is -2.19. The number of aryl methyl sites for hydroxylation is 1. The summed E-state index contributed by atoms with van der Waals surface area (Å²) in [5.41, 5.74) is 2.70. The van der Waals surface area contributed by atoms with Crippen LogP contribution in [-0.2, 0) is 0 Å². The van der Waals surface area contributed by atoms with E-state index in [0.29, 0.717) is 6.04 Å². The zero-order chi connectivity index (χ0) is 14.2. The molecule has 2 aromatic carbocycles. The lowest BCUT2D eigenvalue weighted by molar-refractivity contribution is 0.577. The standard InChI is InChI=1S/C18H23NS/c1-3-13-19-18(16-11-9-15(2)10-12-16)14-20-17-7-5-4-6-8-17/h4-12,18-19H,3,13-14H2,1-2H3. The van der Waals surface area contributed by atoms with E-state index in [1.54, 1.807) is 0 Å². The van der Waals surface area contributed by atoms with Crippen LogP contribution < -0.4 is 5.32 Å². The van der Waals surface area contributed by atoms with Crippen LogP contribution in [0.3, 0.4) is 0 Å². The Morgan fingerprint density at radius 2 is 1.70 bits per heavy atom. The summed E-state index contributed by atoms with van der Waals surface area (Å²) >= 11 is 1.92. The Morgan fingerprint density at radius 1 is 1.00 bits per heavy atom. The van der Waals surface area contributed by atoms with Crippen LogP contribution in [0.2, 0.25) is 0 Å². The van der Waals surface area contributed by atoms with Crippen molar-refractivity contribution < 1.29 is 0 Å². The van der Waals surface area contributed by atoms with Crippen molar-refractivity contribution in [1.82, 2.24) is 5.32 Å². The van der Waals surface area contributed by atoms with E-state index in [9.17, 15) is 0 Å². The first-order chi connectivity index (χ1) is 9.79. The summed E-state index contributed by atoms with van der Waals surface area (Å²) in [7, 11) is 0. The zero-order valence-electron chi connectivity index (χ0n) is 12.3. The molecule has 1 unspecified atom stereocenters. The molecule has 0 bridgehead atoms. The van der Waals surface area contributed by atoms with Gasteiger partial charge in [0.2, 0.25) is 0 Å². The van der Waals surface area contributed by atoms with Gasteiger partial charge in [-0.15, -0.1) is 11.8 Å². The normalized spacial score (nSPS) is 12.3. The van der Waals surface area contributed by atoms with Crippen LogP contribution in [0.5, 0.6) is 0 Å². The van der Waals surface area contributed by atoms with Gasteiger partial charge in [-0.25, -0.2) is 0 Å². The summed E-state index contributed by atoms with van der Waals surface area (Å²) < 4.78 is 0. The zero-order valence-corrected chi connectivity index (χ0v) is 13.1. The van der Waals surface area contributed by atoms with Crippen LogP contribution in [0.4, 0.5) is 0 Å². The van der Waals surface area contributed by atoms with E-state index >= 15 is 0 Å². The molecule has 0 fully saturated rings. The van der Waals surface area contributed by atoms with Crippen LogP contribution in [0.25, 0.3) is 0 Å². The number of benzene rings is 2. The van der Waals surface area contributed by atoms with Gasteiger partial charge in [-0.1, -0.05) is 55.0 Å². The Bertz CT molecular complexity index is 493. The highest BCUT2D eigenvalue weighted by Crippen LogP contribution is 2.24. The van der Waals surface area contributed by atoms with Gasteiger partial charge in [-0.3, -0.25) is 0 Å². The van der Waals surface area contributed by atoms with Gasteiger partial charge in [0.05, 0.1) is 0 Å². The molecule has 20 heavy (non-hydrogen) atoms. The Labute approximate surface area is 126 Å². The molecule has 0 aliphatic carbocycles. The molecule has 1 N–H and O–H groups in total. The van der Waals surface area contributed by atoms with Gasteiger partial charge in [0.25, 0.3) is 0 Å². The maximum absolute atomic E-state index is 3.65. The van der Waals surface area contributed by atoms with Gasteiger partial charge >= 0.3 is 0 Å². The summed E-state index contributed by atoms with van der Waals surface area (Å²) in [6.45, 7) is 5.41. The lowest BCUT2D eigenvalue weighted by Crippen LogP contribution is -2.24. The second kappa shape index (κ2) is 8.13. The van der Waals surface area contributed by atoms with Crippen LogP contribution in [0.1, 0.15) is 30.5 Å². The van der Waals surface area contributed by atoms with Crippen LogP contribution >= 0.6 is 11.8 Å². The quantitative estimate of drug-likeness (QED) is 0.731. The fourth-order valence-electron chi connectivity index (χ4n) is 2.09. The third-order valence-electron chi connectivity index (χ3n) is 3.28. The summed E-state index contributed by atoms with van der Waals surface area (Å²) in [4.78, 5) is 1.34. The summed E-state index contributed by atoms with van der Waals surface area (Å²) in [6.07, 6.45) is 1.17. The Hall–Kier alpha value is -1.25. The fourth-order valence-corrected chi connectivity index (χ4v) is 3.11. The topological polar surface area (TPSA) is 12.0 Å². The minimum absolute atomic E-state index is 0.417. The van der Waals surface area contributed by atoms with Crippen molar-refractivity contribution in [1.29, 1.82) is 0 Å². The van der Waals surface area contributed by atoms with Crippen LogP contribution in [-0.4, -0.2) is 12.3 Å². The fraction of sp³-hybridized carbons (Fsp3) is 0.333. The van der Waals surface area contributed by atoms with E-state index < -0.39 is 0 Å². The molecule has 0 saturated heterocycles. The molecule has 0 aliphatic rings. The molecule has 0 saturated carbocycles. The van der Waals surface area contributed by atoms with Crippen molar-refractivity contribution in [2.24, 2.45) is 0 Å². The minimum atomic E-state index is 0.417. The van der Waals surface area contributed by atoms with Gasteiger partial charge in [0, 0.05) is 16.7 Å². The van der Waals surface area contributed by atoms with Gasteiger partial charge in [-0.05, 0) is 37.6 Å². The largest absolute Gasteiger partial charge is 0.309 e. The number of hydrogen-bond donors (Lipinski definition) is 1. The lowest BCUT2D eigenvalue weighted by atomic mass is 10.1. The SMILES string of the molecule is CCCNC(CSc1ccccc1)c1ccc(C)cc1. The first-order valence-electron chi connectivity index (χ1n) is 7.27. The third-order valence-corrected chi connectivity index (χ3v) is 4.39. The summed E-state index contributed by atoms with van der Waals surface area (Å²) in [5.74, 6) is 1.06. The number of hydrogen-bond acceptors (Lipinski definition) is 2. The third kappa shape index (κ3) is 4.69. The van der Waals surface area contributed by atoms with Crippen molar-refractivity contribution in [2.75, 3.05) is 12.3 Å². The highest BCUT2D eigenvalue weighted by atomic mass is 32.2. The molecule has 0 aromatic heterocycles. The minimum Gasteiger partial charge on any atom is -0.309 e. The molecule has 1 atom stereocenters. The van der Waals surface area contributed by atoms with Crippen molar-refractivity contribution in [3.8, 4) is 0 Å². The van der Waals surface area contributed by atoms with Gasteiger partial charge in [-0.2, -0.15) is 0 Å². The number of thioether (sulfide) groups is 1. The van der Waals surface area contributed by atoms with Crippen molar-refractivity contribution in [2.45, 2.75) is 31.2 Å².